The first-order valence-electron chi connectivity index (χ1n) is 20.2. The van der Waals surface area contributed by atoms with Crippen LogP contribution in [0.1, 0.15) is 55.6 Å². The first kappa shape index (κ1) is 37.9. The summed E-state index contributed by atoms with van der Waals surface area (Å²) in [7, 11) is 0. The Morgan fingerprint density at radius 3 is 1.07 bits per heavy atom. The van der Waals surface area contributed by atoms with Gasteiger partial charge >= 0.3 is 0 Å². The summed E-state index contributed by atoms with van der Waals surface area (Å²) < 4.78 is 0. The molecule has 0 radical (unpaired) electrons. The number of hydrogen-bond donors (Lipinski definition) is 0. The first-order chi connectivity index (χ1) is 28.4. The lowest BCUT2D eigenvalue weighted by atomic mass is 9.90. The number of benzene rings is 9. The van der Waals surface area contributed by atoms with Crippen LogP contribution in [0.2, 0.25) is 0 Å². The highest BCUT2D eigenvalue weighted by atomic mass is 14.2. The van der Waals surface area contributed by atoms with E-state index in [-0.39, 0.29) is 0 Å². The van der Waals surface area contributed by atoms with Crippen LogP contribution in [0, 0.1) is 27.7 Å². The second kappa shape index (κ2) is 17.4. The first-order valence-corrected chi connectivity index (χ1v) is 20.2. The van der Waals surface area contributed by atoms with Gasteiger partial charge in [-0.05, 0) is 134 Å². The minimum atomic E-state index is 1.20. The van der Waals surface area contributed by atoms with Gasteiger partial charge < -0.3 is 0 Å². The van der Waals surface area contributed by atoms with Crippen molar-refractivity contribution in [1.29, 1.82) is 0 Å². The van der Waals surface area contributed by atoms with Gasteiger partial charge in [0.2, 0.25) is 0 Å². The van der Waals surface area contributed by atoms with E-state index in [1.54, 1.807) is 0 Å². The third kappa shape index (κ3) is 8.53. The Hall–Kier alpha value is -7.02. The molecule has 0 atom stereocenters. The summed E-state index contributed by atoms with van der Waals surface area (Å²) in [5.41, 5.74) is 17.6. The van der Waals surface area contributed by atoms with Gasteiger partial charge in [0, 0.05) is 0 Å². The second-order valence-corrected chi connectivity index (χ2v) is 15.2. The van der Waals surface area contributed by atoms with Crippen LogP contribution in [0.4, 0.5) is 0 Å². The van der Waals surface area contributed by atoms with Gasteiger partial charge in [0.1, 0.15) is 0 Å². The quantitative estimate of drug-likeness (QED) is 0.113. The lowest BCUT2D eigenvalue weighted by Gasteiger charge is -2.14. The van der Waals surface area contributed by atoms with Crippen molar-refractivity contribution in [2.75, 3.05) is 0 Å². The van der Waals surface area contributed by atoms with Crippen molar-refractivity contribution in [3.05, 3.63) is 262 Å². The summed E-state index contributed by atoms with van der Waals surface area (Å²) in [4.78, 5) is 0. The van der Waals surface area contributed by atoms with Gasteiger partial charge in [-0.1, -0.05) is 211 Å². The zero-order valence-electron chi connectivity index (χ0n) is 33.8. The standard InChI is InChI=1S/C37H30.C21H18/c1-25-14-20-33-34-21-19-32(24-36(34)27(3)26(2)35(33)22-25)29-17-15-28(16-18-29)23-37(30-10-6-4-7-11-30)31-12-8-5-9-13-31;1-17-12-14-18(15-13-17)16-21(19-8-4-2-5-9-19)20-10-6-3-7-11-20/h4-24H,1-3H3;2-16H,1H3. The molecule has 9 rings (SSSR count). The molecule has 9 aromatic carbocycles. The van der Waals surface area contributed by atoms with E-state index in [9.17, 15) is 0 Å². The van der Waals surface area contributed by atoms with E-state index in [1.807, 2.05) is 0 Å². The highest BCUT2D eigenvalue weighted by Gasteiger charge is 2.11. The fourth-order valence-corrected chi connectivity index (χ4v) is 7.78. The third-order valence-electron chi connectivity index (χ3n) is 11.1. The van der Waals surface area contributed by atoms with Gasteiger partial charge in [-0.25, -0.2) is 0 Å². The number of aryl methyl sites for hydroxylation is 4. The Kier molecular flexibility index (Phi) is 11.4. The van der Waals surface area contributed by atoms with Gasteiger partial charge in [0.15, 0.2) is 0 Å². The minimum Gasteiger partial charge on any atom is -0.0622 e. The SMILES string of the molecule is Cc1ccc(C=C(c2ccccc2)c2ccccc2)cc1.Cc1ccc2c(c1)c(C)c(C)c1cc(-c3ccc(C=C(c4ccccc4)c4ccccc4)cc3)ccc12. The predicted octanol–water partition coefficient (Wildman–Crippen LogP) is 15.8. The van der Waals surface area contributed by atoms with E-state index in [4.69, 9.17) is 0 Å². The molecule has 0 amide bonds. The summed E-state index contributed by atoms with van der Waals surface area (Å²) >= 11 is 0. The van der Waals surface area contributed by atoms with Crippen molar-refractivity contribution in [1.82, 2.24) is 0 Å². The minimum absolute atomic E-state index is 1.20. The summed E-state index contributed by atoms with van der Waals surface area (Å²) in [5, 5.41) is 5.37. The molecule has 0 aliphatic heterocycles. The van der Waals surface area contributed by atoms with Crippen molar-refractivity contribution < 1.29 is 0 Å². The van der Waals surface area contributed by atoms with Crippen LogP contribution < -0.4 is 0 Å². The van der Waals surface area contributed by atoms with Gasteiger partial charge in [-0.15, -0.1) is 0 Å². The van der Waals surface area contributed by atoms with Gasteiger partial charge in [0.25, 0.3) is 0 Å². The van der Waals surface area contributed by atoms with Crippen LogP contribution >= 0.6 is 0 Å². The molecule has 0 saturated carbocycles. The molecule has 0 aliphatic rings. The second-order valence-electron chi connectivity index (χ2n) is 15.2. The molecule has 0 fully saturated rings. The molecule has 0 unspecified atom stereocenters. The molecule has 0 aromatic heterocycles. The van der Waals surface area contributed by atoms with Crippen LogP contribution in [0.15, 0.2) is 206 Å². The molecule has 0 heteroatoms. The molecule has 0 aliphatic carbocycles. The topological polar surface area (TPSA) is 0 Å². The van der Waals surface area contributed by atoms with Crippen molar-refractivity contribution in [3.63, 3.8) is 0 Å². The third-order valence-corrected chi connectivity index (χ3v) is 11.1. The zero-order chi connectivity index (χ0) is 39.8. The average molecular weight is 745 g/mol. The molecule has 0 bridgehead atoms. The average Bonchev–Trinajstić information content (AvgIpc) is 3.28. The summed E-state index contributed by atoms with van der Waals surface area (Å²) in [6.07, 6.45) is 4.54. The van der Waals surface area contributed by atoms with E-state index in [1.165, 1.54) is 99.5 Å². The van der Waals surface area contributed by atoms with Crippen LogP contribution in [0.25, 0.3) is 56.0 Å². The Morgan fingerprint density at radius 2 is 0.638 bits per heavy atom. The molecule has 0 heterocycles. The Labute approximate surface area is 344 Å². The number of fused-ring (bicyclic) bond motifs is 3. The van der Waals surface area contributed by atoms with Crippen molar-refractivity contribution in [2.24, 2.45) is 0 Å². The Bertz CT molecular complexity index is 2760. The number of rotatable bonds is 7. The summed E-state index contributed by atoms with van der Waals surface area (Å²) in [6.45, 7) is 8.79. The summed E-state index contributed by atoms with van der Waals surface area (Å²) in [5.74, 6) is 0. The predicted molar refractivity (Wildman–Crippen MR) is 252 cm³/mol. The maximum atomic E-state index is 2.36. The maximum Gasteiger partial charge on any atom is -0.0102 e. The highest BCUT2D eigenvalue weighted by Crippen LogP contribution is 2.36. The molecular formula is C58H48. The largest absolute Gasteiger partial charge is 0.0622 e. The highest BCUT2D eigenvalue weighted by molar-refractivity contribution is 6.11. The molecule has 0 nitrogen and oxygen atoms in total. The molecule has 0 spiro atoms. The Morgan fingerprint density at radius 1 is 0.293 bits per heavy atom. The van der Waals surface area contributed by atoms with Crippen molar-refractivity contribution >= 4 is 44.8 Å². The van der Waals surface area contributed by atoms with Crippen molar-refractivity contribution in [3.8, 4) is 11.1 Å². The van der Waals surface area contributed by atoms with Gasteiger partial charge in [0.05, 0.1) is 0 Å². The molecular weight excluding hydrogens is 697 g/mol. The molecule has 0 saturated heterocycles. The normalized spacial score (nSPS) is 10.8. The van der Waals surface area contributed by atoms with Gasteiger partial charge in [-0.3, -0.25) is 0 Å². The van der Waals surface area contributed by atoms with Crippen LogP contribution in [-0.4, -0.2) is 0 Å². The zero-order valence-corrected chi connectivity index (χ0v) is 33.8. The summed E-state index contributed by atoms with van der Waals surface area (Å²) in [6, 6.07) is 73.6. The van der Waals surface area contributed by atoms with E-state index >= 15 is 0 Å². The van der Waals surface area contributed by atoms with E-state index in [2.05, 4.69) is 246 Å². The monoisotopic (exact) mass is 744 g/mol. The lowest BCUT2D eigenvalue weighted by Crippen LogP contribution is -1.90. The van der Waals surface area contributed by atoms with Crippen molar-refractivity contribution in [2.45, 2.75) is 27.7 Å². The molecule has 280 valence electrons. The van der Waals surface area contributed by atoms with E-state index in [0.717, 1.165) is 0 Å². The smallest absolute Gasteiger partial charge is 0.0102 e. The van der Waals surface area contributed by atoms with Crippen LogP contribution in [0.3, 0.4) is 0 Å². The van der Waals surface area contributed by atoms with Crippen LogP contribution in [0.5, 0.6) is 0 Å². The molecule has 0 N–H and O–H groups in total. The fourth-order valence-electron chi connectivity index (χ4n) is 7.78. The maximum absolute atomic E-state index is 2.36. The fraction of sp³-hybridized carbons (Fsp3) is 0.0690. The molecule has 9 aromatic rings. The Balaban J connectivity index is 0.000000189. The number of hydrogen-bond acceptors (Lipinski definition) is 0. The van der Waals surface area contributed by atoms with Crippen LogP contribution in [-0.2, 0) is 0 Å². The lowest BCUT2D eigenvalue weighted by molar-refractivity contribution is 1.40. The van der Waals surface area contributed by atoms with Gasteiger partial charge in [-0.2, -0.15) is 0 Å². The van der Waals surface area contributed by atoms with E-state index in [0.29, 0.717) is 0 Å². The van der Waals surface area contributed by atoms with E-state index < -0.39 is 0 Å². The molecule has 58 heavy (non-hydrogen) atoms.